The van der Waals surface area contributed by atoms with Gasteiger partial charge in [0.2, 0.25) is 0 Å². The number of rotatable bonds is 3. The normalized spacial score (nSPS) is 12.8. The molecule has 0 N–H and O–H groups in total. The van der Waals surface area contributed by atoms with Gasteiger partial charge in [-0.15, -0.1) is 0 Å². The molecular weight excluding hydrogens is 325 g/mol. The maximum absolute atomic E-state index is 12.4. The van der Waals surface area contributed by atoms with Crippen LogP contribution >= 0.6 is 15.9 Å². The highest BCUT2D eigenvalue weighted by Crippen LogP contribution is 2.32. The van der Waals surface area contributed by atoms with Crippen molar-refractivity contribution in [1.29, 1.82) is 0 Å². The van der Waals surface area contributed by atoms with Gasteiger partial charge in [0.1, 0.15) is 0 Å². The zero-order valence-corrected chi connectivity index (χ0v) is 11.0. The van der Waals surface area contributed by atoms with E-state index >= 15 is 0 Å². The van der Waals surface area contributed by atoms with Crippen LogP contribution in [0.2, 0.25) is 0 Å². The Morgan fingerprint density at radius 1 is 1.29 bits per heavy atom. The summed E-state index contributed by atoms with van der Waals surface area (Å²) in [5.41, 5.74) is -0.740. The maximum atomic E-state index is 12.4. The van der Waals surface area contributed by atoms with Crippen molar-refractivity contribution in [3.05, 3.63) is 33.8 Å². The van der Waals surface area contributed by atoms with Crippen molar-refractivity contribution in [3.8, 4) is 0 Å². The smallest absolute Gasteiger partial charge is 0.265 e. The standard InChI is InChI=1S/C9H8BrF3O3S/c1-17(14,15)16-5-6-2-7(9(11,12)13)4-8(10)3-6/h2-4H,5H2,1H3. The van der Waals surface area contributed by atoms with Gasteiger partial charge < -0.3 is 0 Å². The first-order valence-electron chi connectivity index (χ1n) is 4.29. The summed E-state index contributed by atoms with van der Waals surface area (Å²) in [4.78, 5) is 0. The quantitative estimate of drug-likeness (QED) is 0.799. The number of hydrogen-bond acceptors (Lipinski definition) is 3. The summed E-state index contributed by atoms with van der Waals surface area (Å²) < 4.78 is 63.4. The second kappa shape index (κ2) is 4.95. The third-order valence-electron chi connectivity index (χ3n) is 1.72. The SMILES string of the molecule is CS(=O)(=O)OCc1cc(Br)cc(C(F)(F)F)c1. The minimum absolute atomic E-state index is 0.122. The fourth-order valence-electron chi connectivity index (χ4n) is 1.07. The zero-order chi connectivity index (χ0) is 13.3. The fraction of sp³-hybridized carbons (Fsp3) is 0.333. The molecule has 0 heterocycles. The van der Waals surface area contributed by atoms with Crippen molar-refractivity contribution in [2.45, 2.75) is 12.8 Å². The van der Waals surface area contributed by atoms with Crippen molar-refractivity contribution in [2.24, 2.45) is 0 Å². The van der Waals surface area contributed by atoms with Gasteiger partial charge in [-0.3, -0.25) is 4.18 Å². The molecule has 0 amide bonds. The molecule has 0 aliphatic heterocycles. The lowest BCUT2D eigenvalue weighted by Crippen LogP contribution is -2.07. The predicted octanol–water partition coefficient (Wildman–Crippen LogP) is 2.94. The van der Waals surface area contributed by atoms with Gasteiger partial charge in [0, 0.05) is 4.47 Å². The molecule has 0 aliphatic carbocycles. The van der Waals surface area contributed by atoms with Crippen LogP contribution in [0.25, 0.3) is 0 Å². The predicted molar refractivity (Wildman–Crippen MR) is 58.8 cm³/mol. The second-order valence-corrected chi connectivity index (χ2v) is 5.87. The molecule has 0 atom stereocenters. The Kier molecular flexibility index (Phi) is 4.21. The highest BCUT2D eigenvalue weighted by Gasteiger charge is 2.31. The number of benzene rings is 1. The summed E-state index contributed by atoms with van der Waals surface area (Å²) in [7, 11) is -3.68. The molecule has 0 bridgehead atoms. The molecule has 0 saturated heterocycles. The first kappa shape index (κ1) is 14.5. The van der Waals surface area contributed by atoms with Crippen LogP contribution in [0.5, 0.6) is 0 Å². The largest absolute Gasteiger partial charge is 0.416 e. The van der Waals surface area contributed by atoms with Gasteiger partial charge in [0.05, 0.1) is 18.4 Å². The number of halogens is 4. The Morgan fingerprint density at radius 3 is 2.35 bits per heavy atom. The van der Waals surface area contributed by atoms with Crippen molar-refractivity contribution in [1.82, 2.24) is 0 Å². The topological polar surface area (TPSA) is 43.4 Å². The van der Waals surface area contributed by atoms with Crippen LogP contribution in [0, 0.1) is 0 Å². The van der Waals surface area contributed by atoms with Crippen LogP contribution in [0.4, 0.5) is 13.2 Å². The molecule has 3 nitrogen and oxygen atoms in total. The van der Waals surface area contributed by atoms with Crippen LogP contribution in [0.1, 0.15) is 11.1 Å². The first-order chi connectivity index (χ1) is 7.58. The van der Waals surface area contributed by atoms with E-state index in [1.165, 1.54) is 6.07 Å². The van der Waals surface area contributed by atoms with E-state index < -0.39 is 28.5 Å². The highest BCUT2D eigenvalue weighted by molar-refractivity contribution is 9.10. The average Bonchev–Trinajstić information content (AvgIpc) is 2.11. The van der Waals surface area contributed by atoms with Gasteiger partial charge in [-0.05, 0) is 23.8 Å². The highest BCUT2D eigenvalue weighted by atomic mass is 79.9. The Bertz CT molecular complexity index is 511. The fourth-order valence-corrected chi connectivity index (χ4v) is 1.96. The van der Waals surface area contributed by atoms with Gasteiger partial charge >= 0.3 is 6.18 Å². The van der Waals surface area contributed by atoms with Crippen molar-refractivity contribution < 1.29 is 25.8 Å². The van der Waals surface area contributed by atoms with Gasteiger partial charge in [0.15, 0.2) is 0 Å². The molecule has 0 saturated carbocycles. The second-order valence-electron chi connectivity index (χ2n) is 3.31. The summed E-state index contributed by atoms with van der Waals surface area (Å²) in [6.07, 6.45) is -3.65. The van der Waals surface area contributed by atoms with Gasteiger partial charge in [-0.2, -0.15) is 21.6 Å². The van der Waals surface area contributed by atoms with Crippen LogP contribution < -0.4 is 0 Å². The Morgan fingerprint density at radius 2 is 1.88 bits per heavy atom. The van der Waals surface area contributed by atoms with Crippen LogP contribution in [0.15, 0.2) is 22.7 Å². The van der Waals surface area contributed by atoms with E-state index in [-0.39, 0.29) is 10.0 Å². The summed E-state index contributed by atoms with van der Waals surface area (Å²) >= 11 is 2.92. The minimum atomic E-state index is -4.48. The summed E-state index contributed by atoms with van der Waals surface area (Å²) in [6.45, 7) is -0.429. The van der Waals surface area contributed by atoms with E-state index in [4.69, 9.17) is 0 Å². The van der Waals surface area contributed by atoms with E-state index in [1.54, 1.807) is 0 Å². The lowest BCUT2D eigenvalue weighted by atomic mass is 10.1. The average molecular weight is 333 g/mol. The molecule has 96 valence electrons. The van der Waals surface area contributed by atoms with Crippen molar-refractivity contribution in [2.75, 3.05) is 6.26 Å². The van der Waals surface area contributed by atoms with E-state index in [0.29, 0.717) is 0 Å². The molecule has 17 heavy (non-hydrogen) atoms. The Labute approximate surface area is 105 Å². The third-order valence-corrected chi connectivity index (χ3v) is 2.73. The van der Waals surface area contributed by atoms with E-state index in [9.17, 15) is 21.6 Å². The van der Waals surface area contributed by atoms with Crippen LogP contribution in [0.3, 0.4) is 0 Å². The van der Waals surface area contributed by atoms with Gasteiger partial charge in [0.25, 0.3) is 10.1 Å². The lowest BCUT2D eigenvalue weighted by molar-refractivity contribution is -0.137. The molecule has 8 heteroatoms. The number of alkyl halides is 3. The molecule has 0 aliphatic rings. The van der Waals surface area contributed by atoms with Crippen LogP contribution in [-0.2, 0) is 27.1 Å². The van der Waals surface area contributed by atoms with Crippen LogP contribution in [-0.4, -0.2) is 14.7 Å². The van der Waals surface area contributed by atoms with E-state index in [2.05, 4.69) is 20.1 Å². The molecule has 0 fully saturated rings. The third kappa shape index (κ3) is 5.05. The molecule has 1 aromatic rings. The minimum Gasteiger partial charge on any atom is -0.265 e. The molecule has 0 unspecified atom stereocenters. The Balaban J connectivity index is 2.98. The first-order valence-corrected chi connectivity index (χ1v) is 6.90. The summed E-state index contributed by atoms with van der Waals surface area (Å²) in [6, 6.07) is 3.11. The summed E-state index contributed by atoms with van der Waals surface area (Å²) in [5.74, 6) is 0. The molecule has 1 rings (SSSR count). The van der Waals surface area contributed by atoms with E-state index in [0.717, 1.165) is 18.4 Å². The molecular formula is C9H8BrF3O3S. The Hall–Kier alpha value is -0.600. The van der Waals surface area contributed by atoms with Gasteiger partial charge in [-0.25, -0.2) is 0 Å². The number of hydrogen-bond donors (Lipinski definition) is 0. The molecule has 0 radical (unpaired) electrons. The van der Waals surface area contributed by atoms with Crippen molar-refractivity contribution in [3.63, 3.8) is 0 Å². The van der Waals surface area contributed by atoms with Crippen molar-refractivity contribution >= 4 is 26.0 Å². The van der Waals surface area contributed by atoms with E-state index in [1.807, 2.05) is 0 Å². The molecule has 0 spiro atoms. The lowest BCUT2D eigenvalue weighted by Gasteiger charge is -2.09. The molecule has 1 aromatic carbocycles. The maximum Gasteiger partial charge on any atom is 0.416 e. The van der Waals surface area contributed by atoms with Gasteiger partial charge in [-0.1, -0.05) is 15.9 Å². The molecule has 0 aromatic heterocycles. The monoisotopic (exact) mass is 332 g/mol. The summed E-state index contributed by atoms with van der Waals surface area (Å²) in [5, 5.41) is 0. The zero-order valence-electron chi connectivity index (χ0n) is 8.58.